The minimum absolute atomic E-state index is 0. The summed E-state index contributed by atoms with van der Waals surface area (Å²) >= 11 is 0. The molecule has 0 fully saturated rings. The van der Waals surface area contributed by atoms with Crippen molar-refractivity contribution >= 4 is 18.4 Å². The van der Waals surface area contributed by atoms with Crippen LogP contribution >= 0.6 is 12.4 Å². The number of carbonyl (C=O) groups is 1. The van der Waals surface area contributed by atoms with Crippen LogP contribution in [0.25, 0.3) is 0 Å². The third-order valence-corrected chi connectivity index (χ3v) is 1.40. The van der Waals surface area contributed by atoms with E-state index in [2.05, 4.69) is 4.74 Å². The molecule has 0 aromatic heterocycles. The quantitative estimate of drug-likeness (QED) is 0.531. The second-order valence-corrected chi connectivity index (χ2v) is 2.69. The largest absolute Gasteiger partial charge is 0.466 e. The van der Waals surface area contributed by atoms with E-state index in [0.717, 1.165) is 5.57 Å². The van der Waals surface area contributed by atoms with Gasteiger partial charge in [0, 0.05) is 6.04 Å². The van der Waals surface area contributed by atoms with Gasteiger partial charge in [0.2, 0.25) is 0 Å². The summed E-state index contributed by atoms with van der Waals surface area (Å²) in [5.41, 5.74) is 7.03. The van der Waals surface area contributed by atoms with Crippen LogP contribution in [0.3, 0.4) is 0 Å². The molecule has 0 rings (SSSR count). The Morgan fingerprint density at radius 3 is 1.92 bits per heavy atom. The van der Waals surface area contributed by atoms with Crippen molar-refractivity contribution in [1.29, 1.82) is 0 Å². The molecule has 0 saturated heterocycles. The number of nitrogens with two attached hydrogens (primary N) is 1. The van der Waals surface area contributed by atoms with E-state index in [-0.39, 0.29) is 24.4 Å². The minimum atomic E-state index is -0.333. The summed E-state index contributed by atoms with van der Waals surface area (Å²) in [6, 6.07) is -0.257. The Hall–Kier alpha value is -0.540. The Morgan fingerprint density at radius 1 is 1.42 bits per heavy atom. The molecule has 0 aliphatic heterocycles. The molecule has 1 unspecified atom stereocenters. The van der Waals surface area contributed by atoms with E-state index in [1.54, 1.807) is 6.92 Å². The molecule has 4 heteroatoms. The fraction of sp³-hybridized carbons (Fsp3) is 0.625. The van der Waals surface area contributed by atoms with E-state index in [4.69, 9.17) is 5.73 Å². The van der Waals surface area contributed by atoms with Crippen LogP contribution < -0.4 is 5.73 Å². The summed E-state index contributed by atoms with van der Waals surface area (Å²) in [5, 5.41) is 0. The lowest BCUT2D eigenvalue weighted by atomic mass is 10.1. The van der Waals surface area contributed by atoms with Crippen LogP contribution in [0, 0.1) is 0 Å². The van der Waals surface area contributed by atoms with Crippen LogP contribution in [-0.4, -0.2) is 19.1 Å². The molecule has 2 N–H and O–H groups in total. The predicted molar refractivity (Wildman–Crippen MR) is 51.3 cm³/mol. The molecule has 0 bridgehead atoms. The van der Waals surface area contributed by atoms with Gasteiger partial charge in [-0.05, 0) is 20.8 Å². The number of allylic oxidation sites excluding steroid dienone is 1. The van der Waals surface area contributed by atoms with Crippen molar-refractivity contribution in [1.82, 2.24) is 0 Å². The molecule has 0 aromatic carbocycles. The van der Waals surface area contributed by atoms with Crippen LogP contribution in [0.5, 0.6) is 0 Å². The monoisotopic (exact) mass is 193 g/mol. The lowest BCUT2D eigenvalue weighted by Crippen LogP contribution is -2.25. The van der Waals surface area contributed by atoms with Crippen LogP contribution in [-0.2, 0) is 9.53 Å². The molecule has 3 nitrogen and oxygen atoms in total. The van der Waals surface area contributed by atoms with Gasteiger partial charge in [-0.3, -0.25) is 0 Å². The highest BCUT2D eigenvalue weighted by Gasteiger charge is 2.14. The highest BCUT2D eigenvalue weighted by Crippen LogP contribution is 2.08. The topological polar surface area (TPSA) is 52.3 Å². The van der Waals surface area contributed by atoms with E-state index in [9.17, 15) is 4.79 Å². The van der Waals surface area contributed by atoms with Gasteiger partial charge in [0.25, 0.3) is 0 Å². The van der Waals surface area contributed by atoms with Crippen LogP contribution in [0.2, 0.25) is 0 Å². The fourth-order valence-electron chi connectivity index (χ4n) is 0.955. The number of halogens is 1. The predicted octanol–water partition coefficient (Wildman–Crippen LogP) is 1.26. The molecule has 0 amide bonds. The van der Waals surface area contributed by atoms with Crippen LogP contribution in [0.15, 0.2) is 11.1 Å². The lowest BCUT2D eigenvalue weighted by molar-refractivity contribution is -0.136. The van der Waals surface area contributed by atoms with Gasteiger partial charge >= 0.3 is 5.97 Å². The standard InChI is InChI=1S/C8H15NO2.ClH/c1-5(2)7(6(3)9)8(10)11-4;/h6H,9H2,1-4H3;1H. The summed E-state index contributed by atoms with van der Waals surface area (Å²) in [6.45, 7) is 5.45. The maximum absolute atomic E-state index is 11.0. The zero-order valence-electron chi connectivity index (χ0n) is 7.88. The Bertz CT molecular complexity index is 183. The van der Waals surface area contributed by atoms with E-state index >= 15 is 0 Å². The summed E-state index contributed by atoms with van der Waals surface area (Å²) in [5.74, 6) is -0.333. The first kappa shape index (κ1) is 14.0. The maximum Gasteiger partial charge on any atom is 0.335 e. The van der Waals surface area contributed by atoms with Gasteiger partial charge in [-0.15, -0.1) is 12.4 Å². The molecule has 72 valence electrons. The number of rotatable bonds is 2. The van der Waals surface area contributed by atoms with Gasteiger partial charge in [0.15, 0.2) is 0 Å². The molecule has 0 saturated carbocycles. The molecule has 1 atom stereocenters. The molecule has 0 spiro atoms. The Kier molecular flexibility index (Phi) is 7.04. The first-order valence-corrected chi connectivity index (χ1v) is 3.52. The summed E-state index contributed by atoms with van der Waals surface area (Å²) in [4.78, 5) is 11.0. The molecule has 0 aromatic rings. The lowest BCUT2D eigenvalue weighted by Gasteiger charge is -2.10. The zero-order valence-corrected chi connectivity index (χ0v) is 8.70. The molecular formula is C8H16ClNO2. The normalized spacial score (nSPS) is 11.1. The highest BCUT2D eigenvalue weighted by atomic mass is 35.5. The first-order valence-electron chi connectivity index (χ1n) is 3.52. The smallest absolute Gasteiger partial charge is 0.335 e. The SMILES string of the molecule is COC(=O)C(=C(C)C)C(C)N.Cl. The van der Waals surface area contributed by atoms with Crippen LogP contribution in [0.4, 0.5) is 0 Å². The van der Waals surface area contributed by atoms with Gasteiger partial charge in [-0.25, -0.2) is 4.79 Å². The van der Waals surface area contributed by atoms with Crippen molar-refractivity contribution in [2.24, 2.45) is 5.73 Å². The van der Waals surface area contributed by atoms with Crippen molar-refractivity contribution in [3.05, 3.63) is 11.1 Å². The third-order valence-electron chi connectivity index (χ3n) is 1.40. The van der Waals surface area contributed by atoms with E-state index < -0.39 is 0 Å². The second-order valence-electron chi connectivity index (χ2n) is 2.69. The van der Waals surface area contributed by atoms with Gasteiger partial charge < -0.3 is 10.5 Å². The molecule has 0 aliphatic carbocycles. The summed E-state index contributed by atoms with van der Waals surface area (Å²) < 4.78 is 4.56. The summed E-state index contributed by atoms with van der Waals surface area (Å²) in [6.07, 6.45) is 0. The van der Waals surface area contributed by atoms with Gasteiger partial charge in [-0.2, -0.15) is 0 Å². The molecule has 0 radical (unpaired) electrons. The molecule has 0 heterocycles. The Morgan fingerprint density at radius 2 is 1.83 bits per heavy atom. The molecule has 12 heavy (non-hydrogen) atoms. The number of esters is 1. The highest BCUT2D eigenvalue weighted by molar-refractivity contribution is 5.90. The van der Waals surface area contributed by atoms with E-state index in [0.29, 0.717) is 5.57 Å². The summed E-state index contributed by atoms with van der Waals surface area (Å²) in [7, 11) is 1.35. The third kappa shape index (κ3) is 3.74. The van der Waals surface area contributed by atoms with Gasteiger partial charge in [0.1, 0.15) is 0 Å². The number of methoxy groups -OCH3 is 1. The number of carbonyl (C=O) groups excluding carboxylic acids is 1. The number of hydrogen-bond acceptors (Lipinski definition) is 3. The van der Waals surface area contributed by atoms with Gasteiger partial charge in [-0.1, -0.05) is 5.57 Å². The van der Waals surface area contributed by atoms with Gasteiger partial charge in [0.05, 0.1) is 12.7 Å². The minimum Gasteiger partial charge on any atom is -0.466 e. The van der Waals surface area contributed by atoms with E-state index in [1.165, 1.54) is 7.11 Å². The fourth-order valence-corrected chi connectivity index (χ4v) is 0.955. The second kappa shape index (κ2) is 6.03. The zero-order chi connectivity index (χ0) is 9.02. The number of ether oxygens (including phenoxy) is 1. The van der Waals surface area contributed by atoms with Crippen LogP contribution in [0.1, 0.15) is 20.8 Å². The molecular weight excluding hydrogens is 178 g/mol. The average molecular weight is 194 g/mol. The van der Waals surface area contributed by atoms with Crippen molar-refractivity contribution < 1.29 is 9.53 Å². The van der Waals surface area contributed by atoms with Crippen molar-refractivity contribution in [2.45, 2.75) is 26.8 Å². The Balaban J connectivity index is 0. The number of hydrogen-bond donors (Lipinski definition) is 1. The Labute approximate surface area is 79.4 Å². The molecule has 0 aliphatic rings. The van der Waals surface area contributed by atoms with Crippen molar-refractivity contribution in [2.75, 3.05) is 7.11 Å². The first-order chi connectivity index (χ1) is 5.00. The van der Waals surface area contributed by atoms with Crippen molar-refractivity contribution in [3.8, 4) is 0 Å². The van der Waals surface area contributed by atoms with Crippen molar-refractivity contribution in [3.63, 3.8) is 0 Å². The average Bonchev–Trinajstić information content (AvgIpc) is 1.85. The maximum atomic E-state index is 11.0. The van der Waals surface area contributed by atoms with E-state index in [1.807, 2.05) is 13.8 Å².